The molecule has 0 atom stereocenters. The molecule has 1 aromatic carbocycles. The maximum absolute atomic E-state index is 11.6. The van der Waals surface area contributed by atoms with Crippen LogP contribution in [-0.4, -0.2) is 19.6 Å². The molecule has 0 fully saturated rings. The van der Waals surface area contributed by atoms with Crippen molar-refractivity contribution in [1.29, 1.82) is 0 Å². The smallest absolute Gasteiger partial charge is 0.310 e. The predicted molar refractivity (Wildman–Crippen MR) is 72.2 cm³/mol. The third kappa shape index (κ3) is 2.97. The van der Waals surface area contributed by atoms with Gasteiger partial charge in [0.25, 0.3) is 0 Å². The first-order chi connectivity index (χ1) is 9.39. The number of benzene rings is 1. The van der Waals surface area contributed by atoms with E-state index in [1.807, 2.05) is 0 Å². The molecule has 0 saturated heterocycles. The van der Waals surface area contributed by atoms with E-state index in [9.17, 15) is 18.5 Å². The van der Waals surface area contributed by atoms with Crippen LogP contribution in [-0.2, 0) is 16.4 Å². The van der Waals surface area contributed by atoms with Crippen molar-refractivity contribution in [3.05, 3.63) is 52.5 Å². The lowest BCUT2D eigenvalue weighted by Gasteiger charge is -2.08. The third-order valence-corrected chi connectivity index (χ3v) is 3.74. The van der Waals surface area contributed by atoms with E-state index < -0.39 is 20.4 Å². The van der Waals surface area contributed by atoms with Crippen LogP contribution in [0.1, 0.15) is 5.76 Å². The number of nitrogens with zero attached hydrogens (tertiary/aromatic N) is 1. The lowest BCUT2D eigenvalue weighted by molar-refractivity contribution is -0.386. The van der Waals surface area contributed by atoms with Gasteiger partial charge in [-0.05, 0) is 24.3 Å². The largest absolute Gasteiger partial charge is 0.467 e. The van der Waals surface area contributed by atoms with Gasteiger partial charge < -0.3 is 9.73 Å². The van der Waals surface area contributed by atoms with Gasteiger partial charge in [-0.3, -0.25) is 10.1 Å². The zero-order valence-corrected chi connectivity index (χ0v) is 11.4. The van der Waals surface area contributed by atoms with E-state index >= 15 is 0 Å². The Morgan fingerprint density at radius 3 is 2.60 bits per heavy atom. The van der Waals surface area contributed by atoms with Crippen molar-refractivity contribution >= 4 is 21.2 Å². The minimum Gasteiger partial charge on any atom is -0.467 e. The summed E-state index contributed by atoms with van der Waals surface area (Å²) < 4.78 is 28.3. The molecule has 0 aliphatic carbocycles. The number of para-hydroxylation sites is 1. The Morgan fingerprint density at radius 1 is 1.30 bits per heavy atom. The summed E-state index contributed by atoms with van der Waals surface area (Å²) in [5.41, 5.74) is -0.323. The maximum atomic E-state index is 11.6. The average molecular weight is 296 g/mol. The van der Waals surface area contributed by atoms with Gasteiger partial charge >= 0.3 is 5.69 Å². The zero-order chi connectivity index (χ0) is 14.8. The van der Waals surface area contributed by atoms with E-state index in [1.54, 1.807) is 12.1 Å². The first-order valence-corrected chi connectivity index (χ1v) is 7.52. The fourth-order valence-electron chi connectivity index (χ4n) is 1.75. The number of nitro benzene ring substituents is 1. The van der Waals surface area contributed by atoms with Crippen molar-refractivity contribution in [2.75, 3.05) is 11.6 Å². The summed E-state index contributed by atoms with van der Waals surface area (Å²) in [7, 11) is -3.68. The van der Waals surface area contributed by atoms with E-state index in [4.69, 9.17) is 4.42 Å². The van der Waals surface area contributed by atoms with Crippen molar-refractivity contribution in [2.45, 2.75) is 11.4 Å². The standard InChI is InChI=1S/C12H12N2O5S/c1-20(17,18)11-6-2-5-10(12(11)14(15)16)13-8-9-4-3-7-19-9/h2-7,13H,8H2,1H3. The quantitative estimate of drug-likeness (QED) is 0.670. The van der Waals surface area contributed by atoms with Crippen molar-refractivity contribution in [1.82, 2.24) is 0 Å². The summed E-state index contributed by atoms with van der Waals surface area (Å²) >= 11 is 0. The summed E-state index contributed by atoms with van der Waals surface area (Å²) in [6, 6.07) is 7.52. The fraction of sp³-hybridized carbons (Fsp3) is 0.167. The number of hydrogen-bond acceptors (Lipinski definition) is 6. The highest BCUT2D eigenvalue weighted by Gasteiger charge is 2.25. The molecule has 2 rings (SSSR count). The highest BCUT2D eigenvalue weighted by Crippen LogP contribution is 2.32. The van der Waals surface area contributed by atoms with Gasteiger partial charge in [-0.1, -0.05) is 6.07 Å². The maximum Gasteiger partial charge on any atom is 0.310 e. The molecule has 1 N–H and O–H groups in total. The van der Waals surface area contributed by atoms with Crippen LogP contribution < -0.4 is 5.32 Å². The normalized spacial score (nSPS) is 11.2. The lowest BCUT2D eigenvalue weighted by Crippen LogP contribution is -2.07. The second-order valence-electron chi connectivity index (χ2n) is 4.11. The number of furan rings is 1. The summed E-state index contributed by atoms with van der Waals surface area (Å²) in [5, 5.41) is 13.9. The molecule has 0 bridgehead atoms. The van der Waals surface area contributed by atoms with Gasteiger partial charge in [-0.2, -0.15) is 0 Å². The topological polar surface area (TPSA) is 102 Å². The first-order valence-electron chi connectivity index (χ1n) is 5.63. The van der Waals surface area contributed by atoms with E-state index in [0.717, 1.165) is 6.26 Å². The van der Waals surface area contributed by atoms with E-state index in [0.29, 0.717) is 5.76 Å². The van der Waals surface area contributed by atoms with Gasteiger partial charge in [0.05, 0.1) is 17.7 Å². The Kier molecular flexibility index (Phi) is 3.75. The fourth-order valence-corrected chi connectivity index (χ4v) is 2.61. The molecule has 106 valence electrons. The molecule has 0 saturated carbocycles. The summed E-state index contributed by atoms with van der Waals surface area (Å²) in [5.74, 6) is 0.587. The number of rotatable bonds is 5. The van der Waals surface area contributed by atoms with Gasteiger partial charge in [0.15, 0.2) is 9.84 Å². The summed E-state index contributed by atoms with van der Waals surface area (Å²) in [6.07, 6.45) is 2.42. The summed E-state index contributed by atoms with van der Waals surface area (Å²) in [6.45, 7) is 0.223. The van der Waals surface area contributed by atoms with Gasteiger partial charge in [0, 0.05) is 6.26 Å². The number of anilines is 1. The monoisotopic (exact) mass is 296 g/mol. The molecular weight excluding hydrogens is 284 g/mol. The lowest BCUT2D eigenvalue weighted by atomic mass is 10.2. The third-order valence-electron chi connectivity index (χ3n) is 2.61. The van der Waals surface area contributed by atoms with Crippen LogP contribution in [0.15, 0.2) is 45.9 Å². The van der Waals surface area contributed by atoms with Crippen molar-refractivity contribution < 1.29 is 17.8 Å². The molecular formula is C12H12N2O5S. The average Bonchev–Trinajstić information content (AvgIpc) is 2.87. The minimum atomic E-state index is -3.68. The molecule has 0 amide bonds. The molecule has 1 heterocycles. The summed E-state index contributed by atoms with van der Waals surface area (Å²) in [4.78, 5) is 10.1. The minimum absolute atomic E-state index is 0.134. The highest BCUT2D eigenvalue weighted by molar-refractivity contribution is 7.90. The van der Waals surface area contributed by atoms with E-state index in [2.05, 4.69) is 5.32 Å². The Balaban J connectivity index is 2.40. The number of nitro groups is 1. The Hall–Kier alpha value is -2.35. The van der Waals surface area contributed by atoms with Crippen molar-refractivity contribution in [3.8, 4) is 0 Å². The molecule has 1 aromatic heterocycles. The number of nitrogens with one attached hydrogen (secondary N) is 1. The predicted octanol–water partition coefficient (Wildman–Crippen LogP) is 2.20. The van der Waals surface area contributed by atoms with Crippen LogP contribution in [0.3, 0.4) is 0 Å². The molecule has 20 heavy (non-hydrogen) atoms. The van der Waals surface area contributed by atoms with E-state index in [1.165, 1.54) is 24.5 Å². The van der Waals surface area contributed by atoms with Crippen LogP contribution in [0.2, 0.25) is 0 Å². The van der Waals surface area contributed by atoms with Crippen LogP contribution in [0, 0.1) is 10.1 Å². The van der Waals surface area contributed by atoms with Crippen molar-refractivity contribution in [3.63, 3.8) is 0 Å². The number of sulfone groups is 1. The molecule has 0 spiro atoms. The van der Waals surface area contributed by atoms with Crippen LogP contribution in [0.4, 0.5) is 11.4 Å². The van der Waals surface area contributed by atoms with Crippen LogP contribution in [0.5, 0.6) is 0 Å². The Morgan fingerprint density at radius 2 is 2.05 bits per heavy atom. The molecule has 7 nitrogen and oxygen atoms in total. The highest BCUT2D eigenvalue weighted by atomic mass is 32.2. The Labute approximate surface area is 115 Å². The van der Waals surface area contributed by atoms with E-state index in [-0.39, 0.29) is 17.1 Å². The zero-order valence-electron chi connectivity index (χ0n) is 10.6. The molecule has 2 aromatic rings. The van der Waals surface area contributed by atoms with Crippen LogP contribution in [0.25, 0.3) is 0 Å². The van der Waals surface area contributed by atoms with Gasteiger partial charge in [-0.25, -0.2) is 8.42 Å². The Bertz CT molecular complexity index is 722. The van der Waals surface area contributed by atoms with Crippen molar-refractivity contribution in [2.24, 2.45) is 0 Å². The second-order valence-corrected chi connectivity index (χ2v) is 6.10. The first kappa shape index (κ1) is 14.1. The van der Waals surface area contributed by atoms with Crippen LogP contribution >= 0.6 is 0 Å². The number of hydrogen-bond donors (Lipinski definition) is 1. The molecule has 0 unspecified atom stereocenters. The molecule has 8 heteroatoms. The SMILES string of the molecule is CS(=O)(=O)c1cccc(NCc2ccco2)c1[N+](=O)[O-]. The van der Waals surface area contributed by atoms with Gasteiger partial charge in [0.2, 0.25) is 0 Å². The molecule has 0 aliphatic heterocycles. The van der Waals surface area contributed by atoms with Gasteiger partial charge in [0.1, 0.15) is 16.3 Å². The molecule has 0 aliphatic rings. The van der Waals surface area contributed by atoms with Gasteiger partial charge in [-0.15, -0.1) is 0 Å². The second kappa shape index (κ2) is 5.33. The molecule has 0 radical (unpaired) electrons.